The zero-order valence-electron chi connectivity index (χ0n) is 11.3. The largest absolute Gasteiger partial charge is 0.310 e. The Morgan fingerprint density at radius 3 is 3.10 bits per heavy atom. The molecular weight excluding hydrogens is 274 g/mol. The Hall–Kier alpha value is -1.89. The summed E-state index contributed by atoms with van der Waals surface area (Å²) in [6, 6.07) is 5.37. The van der Waals surface area contributed by atoms with E-state index in [0.717, 1.165) is 25.1 Å². The van der Waals surface area contributed by atoms with E-state index in [0.29, 0.717) is 11.0 Å². The third-order valence-corrected chi connectivity index (χ3v) is 3.39. The topological polar surface area (TPSA) is 83.6 Å². The van der Waals surface area contributed by atoms with Crippen LogP contribution in [0.5, 0.6) is 0 Å². The summed E-state index contributed by atoms with van der Waals surface area (Å²) in [5.74, 6) is 1.58. The van der Waals surface area contributed by atoms with E-state index in [1.807, 2.05) is 6.07 Å². The summed E-state index contributed by atoms with van der Waals surface area (Å²) in [6.07, 6.45) is 4.73. The van der Waals surface area contributed by atoms with Gasteiger partial charge in [0.05, 0.1) is 5.75 Å². The lowest BCUT2D eigenvalue weighted by atomic mass is 10.2. The Morgan fingerprint density at radius 1 is 1.45 bits per heavy atom. The molecule has 20 heavy (non-hydrogen) atoms. The predicted octanol–water partition coefficient (Wildman–Crippen LogP) is 2.27. The number of aromatic nitrogens is 4. The molecule has 0 aliphatic rings. The summed E-state index contributed by atoms with van der Waals surface area (Å²) in [4.78, 5) is 20.1. The smallest absolute Gasteiger partial charge is 0.236 e. The Labute approximate surface area is 121 Å². The zero-order valence-corrected chi connectivity index (χ0v) is 12.1. The van der Waals surface area contributed by atoms with E-state index < -0.39 is 0 Å². The van der Waals surface area contributed by atoms with E-state index in [1.54, 1.807) is 18.3 Å². The first-order chi connectivity index (χ1) is 9.78. The number of aromatic amines is 1. The number of amides is 1. The quantitative estimate of drug-likeness (QED) is 0.765. The van der Waals surface area contributed by atoms with Crippen LogP contribution in [0.4, 0.5) is 5.82 Å². The summed E-state index contributed by atoms with van der Waals surface area (Å²) >= 11 is 1.31. The maximum absolute atomic E-state index is 11.7. The highest BCUT2D eigenvalue weighted by Gasteiger charge is 2.08. The van der Waals surface area contributed by atoms with Crippen molar-refractivity contribution in [3.8, 4) is 0 Å². The number of unbranched alkanes of at least 4 members (excludes halogenated alkanes) is 1. The van der Waals surface area contributed by atoms with Crippen LogP contribution >= 0.6 is 11.8 Å². The predicted molar refractivity (Wildman–Crippen MR) is 78.6 cm³/mol. The SMILES string of the molecule is CCCCc1nc(SCC(=O)Nc2ccccn2)n[nH]1. The monoisotopic (exact) mass is 291 g/mol. The molecule has 0 aromatic carbocycles. The minimum absolute atomic E-state index is 0.117. The lowest BCUT2D eigenvalue weighted by Crippen LogP contribution is -2.14. The van der Waals surface area contributed by atoms with E-state index in [4.69, 9.17) is 0 Å². The number of rotatable bonds is 7. The van der Waals surface area contributed by atoms with Gasteiger partial charge in [0, 0.05) is 12.6 Å². The van der Waals surface area contributed by atoms with Gasteiger partial charge in [-0.1, -0.05) is 31.2 Å². The summed E-state index contributed by atoms with van der Waals surface area (Å²) in [7, 11) is 0. The Morgan fingerprint density at radius 2 is 2.35 bits per heavy atom. The molecule has 0 aliphatic heterocycles. The third-order valence-electron chi connectivity index (χ3n) is 2.54. The van der Waals surface area contributed by atoms with Gasteiger partial charge in [-0.3, -0.25) is 9.89 Å². The minimum Gasteiger partial charge on any atom is -0.310 e. The van der Waals surface area contributed by atoms with Crippen molar-refractivity contribution in [3.63, 3.8) is 0 Å². The molecule has 0 unspecified atom stereocenters. The van der Waals surface area contributed by atoms with Gasteiger partial charge >= 0.3 is 0 Å². The van der Waals surface area contributed by atoms with Crippen LogP contribution < -0.4 is 5.32 Å². The number of nitrogens with one attached hydrogen (secondary N) is 2. The summed E-state index contributed by atoms with van der Waals surface area (Å²) in [5, 5.41) is 10.3. The number of hydrogen-bond acceptors (Lipinski definition) is 5. The van der Waals surface area contributed by atoms with E-state index in [-0.39, 0.29) is 11.7 Å². The second kappa shape index (κ2) is 7.64. The highest BCUT2D eigenvalue weighted by Crippen LogP contribution is 2.13. The molecule has 0 radical (unpaired) electrons. The molecule has 0 saturated carbocycles. The fourth-order valence-corrected chi connectivity index (χ4v) is 2.16. The molecule has 0 spiro atoms. The van der Waals surface area contributed by atoms with Crippen LogP contribution in [0.3, 0.4) is 0 Å². The van der Waals surface area contributed by atoms with Crippen LogP contribution in [0.2, 0.25) is 0 Å². The first-order valence-electron chi connectivity index (χ1n) is 6.53. The van der Waals surface area contributed by atoms with Crippen LogP contribution in [0.1, 0.15) is 25.6 Å². The van der Waals surface area contributed by atoms with Crippen LogP contribution in [0.15, 0.2) is 29.6 Å². The number of H-pyrrole nitrogens is 1. The Balaban J connectivity index is 1.77. The van der Waals surface area contributed by atoms with Crippen LogP contribution in [-0.2, 0) is 11.2 Å². The molecule has 6 nitrogen and oxygen atoms in total. The fourth-order valence-electron chi connectivity index (χ4n) is 1.54. The van der Waals surface area contributed by atoms with Gasteiger partial charge in [0.25, 0.3) is 0 Å². The van der Waals surface area contributed by atoms with Crippen LogP contribution in [0.25, 0.3) is 0 Å². The molecule has 0 aliphatic carbocycles. The molecule has 2 heterocycles. The van der Waals surface area contributed by atoms with Gasteiger partial charge in [0.1, 0.15) is 11.6 Å². The molecule has 0 fully saturated rings. The van der Waals surface area contributed by atoms with Crippen molar-refractivity contribution < 1.29 is 4.79 Å². The summed E-state index contributed by atoms with van der Waals surface area (Å²) < 4.78 is 0. The van der Waals surface area contributed by atoms with Crippen LogP contribution in [-0.4, -0.2) is 31.8 Å². The van der Waals surface area contributed by atoms with Crippen LogP contribution in [0, 0.1) is 0 Å². The molecule has 0 saturated heterocycles. The van der Waals surface area contributed by atoms with E-state index in [2.05, 4.69) is 32.4 Å². The number of aryl methyl sites for hydroxylation is 1. The number of pyridine rings is 1. The highest BCUT2D eigenvalue weighted by molar-refractivity contribution is 7.99. The maximum atomic E-state index is 11.7. The molecule has 7 heteroatoms. The lowest BCUT2D eigenvalue weighted by molar-refractivity contribution is -0.113. The van der Waals surface area contributed by atoms with Gasteiger partial charge in [-0.15, -0.1) is 5.10 Å². The van der Waals surface area contributed by atoms with Crippen molar-refractivity contribution in [2.75, 3.05) is 11.1 Å². The third kappa shape index (κ3) is 4.65. The standard InChI is InChI=1S/C13H17N5OS/c1-2-3-6-11-16-13(18-17-11)20-9-12(19)15-10-7-4-5-8-14-10/h4-5,7-8H,2-3,6,9H2,1H3,(H,14,15,19)(H,16,17,18). The van der Waals surface area contributed by atoms with Crippen molar-refractivity contribution in [1.82, 2.24) is 20.2 Å². The normalized spacial score (nSPS) is 10.4. The van der Waals surface area contributed by atoms with Gasteiger partial charge in [0.15, 0.2) is 0 Å². The molecule has 2 aromatic heterocycles. The average molecular weight is 291 g/mol. The minimum atomic E-state index is -0.117. The van der Waals surface area contributed by atoms with E-state index >= 15 is 0 Å². The van der Waals surface area contributed by atoms with Crippen molar-refractivity contribution in [3.05, 3.63) is 30.2 Å². The van der Waals surface area contributed by atoms with E-state index in [1.165, 1.54) is 11.8 Å². The van der Waals surface area contributed by atoms with Crippen molar-refractivity contribution in [1.29, 1.82) is 0 Å². The second-order valence-electron chi connectivity index (χ2n) is 4.22. The Kier molecular flexibility index (Phi) is 5.55. The number of nitrogens with zero attached hydrogens (tertiary/aromatic N) is 3. The average Bonchev–Trinajstić information content (AvgIpc) is 2.92. The lowest BCUT2D eigenvalue weighted by Gasteiger charge is -2.01. The van der Waals surface area contributed by atoms with Crippen molar-refractivity contribution in [2.45, 2.75) is 31.3 Å². The number of hydrogen-bond donors (Lipinski definition) is 2. The fraction of sp³-hybridized carbons (Fsp3) is 0.385. The number of carbonyl (C=O) groups excluding carboxylic acids is 1. The highest BCUT2D eigenvalue weighted by atomic mass is 32.2. The Bertz CT molecular complexity index is 543. The second-order valence-corrected chi connectivity index (χ2v) is 5.16. The molecular formula is C13H17N5OS. The molecule has 106 valence electrons. The van der Waals surface area contributed by atoms with Crippen molar-refractivity contribution >= 4 is 23.5 Å². The first-order valence-corrected chi connectivity index (χ1v) is 7.51. The number of carbonyl (C=O) groups is 1. The zero-order chi connectivity index (χ0) is 14.2. The van der Waals surface area contributed by atoms with Gasteiger partial charge in [-0.05, 0) is 18.6 Å². The van der Waals surface area contributed by atoms with Gasteiger partial charge < -0.3 is 5.32 Å². The van der Waals surface area contributed by atoms with Gasteiger partial charge in [-0.25, -0.2) is 9.97 Å². The summed E-state index contributed by atoms with van der Waals surface area (Å²) in [6.45, 7) is 2.13. The molecule has 0 atom stereocenters. The maximum Gasteiger partial charge on any atom is 0.236 e. The number of thioether (sulfide) groups is 1. The molecule has 2 N–H and O–H groups in total. The van der Waals surface area contributed by atoms with Crippen molar-refractivity contribution in [2.24, 2.45) is 0 Å². The molecule has 1 amide bonds. The van der Waals surface area contributed by atoms with E-state index in [9.17, 15) is 4.79 Å². The van der Waals surface area contributed by atoms with Gasteiger partial charge in [0.2, 0.25) is 11.1 Å². The molecule has 0 bridgehead atoms. The molecule has 2 rings (SSSR count). The van der Waals surface area contributed by atoms with Gasteiger partial charge in [-0.2, -0.15) is 0 Å². The summed E-state index contributed by atoms with van der Waals surface area (Å²) in [5.41, 5.74) is 0. The first kappa shape index (κ1) is 14.5. The molecule has 2 aromatic rings. The number of anilines is 1.